The molecule has 15 rings (SSSR count). The lowest BCUT2D eigenvalue weighted by Crippen LogP contribution is -2.09. The fraction of sp³-hybridized carbons (Fsp3) is 0. The first kappa shape index (κ1) is 42.7. The van der Waals surface area contributed by atoms with Crippen molar-refractivity contribution >= 4 is 93.1 Å². The average molecular weight is 955 g/mol. The van der Waals surface area contributed by atoms with E-state index in [-0.39, 0.29) is 0 Å². The van der Waals surface area contributed by atoms with E-state index in [0.717, 1.165) is 83.5 Å². The van der Waals surface area contributed by atoms with Gasteiger partial charge in [-0.15, -0.1) is 0 Å². The van der Waals surface area contributed by atoms with Crippen molar-refractivity contribution in [3.05, 3.63) is 279 Å². The van der Waals surface area contributed by atoms with Gasteiger partial charge in [-0.1, -0.05) is 200 Å². The summed E-state index contributed by atoms with van der Waals surface area (Å²) in [5.74, 6) is 0. The SMILES string of the molecule is c1ccc(-c2ccc(N(c3ccccc3)c3ccc(-c4ccc5c(c4)c4cc(-c6ccc(-c7cccc8c7oc7ccccc78)cc6)ccc4n5-c4ccc5c6ccccc6c6ccccc6c5c4)cc3)cc2)cc1. The normalized spacial score (nSPS) is 11.7. The van der Waals surface area contributed by atoms with Gasteiger partial charge in [0.05, 0.1) is 11.0 Å². The minimum atomic E-state index is 0.908. The van der Waals surface area contributed by atoms with E-state index in [2.05, 4.69) is 276 Å². The summed E-state index contributed by atoms with van der Waals surface area (Å²) in [7, 11) is 0. The Hall–Kier alpha value is -9.96. The quantitative estimate of drug-likeness (QED) is 0.142. The Balaban J connectivity index is 0.857. The third kappa shape index (κ3) is 7.12. The summed E-state index contributed by atoms with van der Waals surface area (Å²) in [5.41, 5.74) is 17.9. The zero-order valence-electron chi connectivity index (χ0n) is 40.9. The maximum atomic E-state index is 6.45. The fourth-order valence-electron chi connectivity index (χ4n) is 11.8. The molecule has 0 saturated heterocycles. The number of nitrogens with zero attached hydrogens (tertiary/aromatic N) is 2. The second-order valence-electron chi connectivity index (χ2n) is 19.6. The summed E-state index contributed by atoms with van der Waals surface area (Å²) >= 11 is 0. The van der Waals surface area contributed by atoms with Gasteiger partial charge in [-0.2, -0.15) is 0 Å². The van der Waals surface area contributed by atoms with E-state index in [0.29, 0.717) is 0 Å². The highest BCUT2D eigenvalue weighted by Crippen LogP contribution is 2.43. The topological polar surface area (TPSA) is 21.3 Å². The van der Waals surface area contributed by atoms with Crippen LogP contribution in [0.4, 0.5) is 17.1 Å². The van der Waals surface area contributed by atoms with Gasteiger partial charge in [0, 0.05) is 49.9 Å². The molecule has 0 atom stereocenters. The van der Waals surface area contributed by atoms with Crippen molar-refractivity contribution in [1.29, 1.82) is 0 Å². The smallest absolute Gasteiger partial charge is 0.143 e. The number of furan rings is 1. The van der Waals surface area contributed by atoms with Gasteiger partial charge in [-0.05, 0) is 150 Å². The zero-order chi connectivity index (χ0) is 49.4. The monoisotopic (exact) mass is 954 g/mol. The summed E-state index contributed by atoms with van der Waals surface area (Å²) in [5, 5.41) is 12.3. The van der Waals surface area contributed by atoms with Crippen LogP contribution in [-0.4, -0.2) is 4.57 Å². The molecule has 3 nitrogen and oxygen atoms in total. The molecule has 0 saturated carbocycles. The van der Waals surface area contributed by atoms with Gasteiger partial charge in [-0.3, -0.25) is 0 Å². The van der Waals surface area contributed by atoms with Gasteiger partial charge in [0.2, 0.25) is 0 Å². The Labute approximate surface area is 434 Å². The number of hydrogen-bond acceptors (Lipinski definition) is 2. The summed E-state index contributed by atoms with van der Waals surface area (Å²) in [4.78, 5) is 2.33. The molecule has 3 heteroatoms. The summed E-state index contributed by atoms with van der Waals surface area (Å²) in [6.07, 6.45) is 0. The number of hydrogen-bond donors (Lipinski definition) is 0. The minimum Gasteiger partial charge on any atom is -0.455 e. The van der Waals surface area contributed by atoms with Crippen molar-refractivity contribution in [1.82, 2.24) is 4.57 Å². The van der Waals surface area contributed by atoms with Crippen molar-refractivity contribution in [2.75, 3.05) is 4.90 Å². The van der Waals surface area contributed by atoms with Crippen LogP contribution in [0, 0.1) is 0 Å². The number of para-hydroxylation sites is 3. The molecule has 15 aromatic rings. The third-order valence-corrected chi connectivity index (χ3v) is 15.4. The second kappa shape index (κ2) is 17.4. The highest BCUT2D eigenvalue weighted by atomic mass is 16.3. The van der Waals surface area contributed by atoms with E-state index in [4.69, 9.17) is 4.42 Å². The highest BCUT2D eigenvalue weighted by molar-refractivity contribution is 6.26. The van der Waals surface area contributed by atoms with Gasteiger partial charge in [0.25, 0.3) is 0 Å². The molecular weight excluding hydrogens is 909 g/mol. The predicted molar refractivity (Wildman–Crippen MR) is 317 cm³/mol. The number of aromatic nitrogens is 1. The number of anilines is 3. The first-order chi connectivity index (χ1) is 37.2. The highest BCUT2D eigenvalue weighted by Gasteiger charge is 2.19. The summed E-state index contributed by atoms with van der Waals surface area (Å²) < 4.78 is 8.91. The van der Waals surface area contributed by atoms with Crippen LogP contribution >= 0.6 is 0 Å². The molecule has 0 N–H and O–H groups in total. The van der Waals surface area contributed by atoms with E-state index in [9.17, 15) is 0 Å². The molecule has 0 unspecified atom stereocenters. The van der Waals surface area contributed by atoms with Gasteiger partial charge >= 0.3 is 0 Å². The first-order valence-corrected chi connectivity index (χ1v) is 25.7. The number of rotatable bonds is 8. The lowest BCUT2D eigenvalue weighted by atomic mass is 9.94. The number of benzene rings is 13. The molecular formula is C72H46N2O. The van der Waals surface area contributed by atoms with Crippen LogP contribution in [-0.2, 0) is 0 Å². The molecule has 0 aliphatic rings. The van der Waals surface area contributed by atoms with E-state index in [1.807, 2.05) is 12.1 Å². The Morgan fingerprint density at radius 1 is 0.253 bits per heavy atom. The second-order valence-corrected chi connectivity index (χ2v) is 19.6. The molecule has 0 aliphatic carbocycles. The van der Waals surface area contributed by atoms with Crippen molar-refractivity contribution in [3.8, 4) is 50.2 Å². The molecule has 13 aromatic carbocycles. The first-order valence-electron chi connectivity index (χ1n) is 25.7. The molecule has 2 aromatic heterocycles. The van der Waals surface area contributed by atoms with Crippen LogP contribution in [0.1, 0.15) is 0 Å². The largest absolute Gasteiger partial charge is 0.455 e. The van der Waals surface area contributed by atoms with Gasteiger partial charge in [-0.25, -0.2) is 0 Å². The molecule has 0 bridgehead atoms. The van der Waals surface area contributed by atoms with Crippen molar-refractivity contribution in [3.63, 3.8) is 0 Å². The third-order valence-electron chi connectivity index (χ3n) is 15.4. The van der Waals surface area contributed by atoms with Gasteiger partial charge < -0.3 is 13.9 Å². The Morgan fingerprint density at radius 2 is 0.680 bits per heavy atom. The molecule has 75 heavy (non-hydrogen) atoms. The van der Waals surface area contributed by atoms with Crippen LogP contribution in [0.15, 0.2) is 283 Å². The molecule has 0 radical (unpaired) electrons. The lowest BCUT2D eigenvalue weighted by molar-refractivity contribution is 0.670. The molecule has 0 fully saturated rings. The van der Waals surface area contributed by atoms with Crippen molar-refractivity contribution < 1.29 is 4.42 Å². The van der Waals surface area contributed by atoms with E-state index < -0.39 is 0 Å². The maximum absolute atomic E-state index is 6.45. The maximum Gasteiger partial charge on any atom is 0.143 e. The standard InChI is InChI=1S/C72H46N2O/c1-3-14-47(15-4-1)48-30-36-55(37-31-48)73(54-16-5-2-6-17-54)56-38-32-50(33-39-56)53-35-43-70-68(45-53)67-44-52(49-26-28-51(29-27-49)58-23-13-24-65-64-22-11-12-25-71(64)75-72(58)65)34-42-69(67)74(70)57-40-41-63-61-20-8-7-18-59(61)60-19-9-10-21-62(60)66(63)46-57/h1-46H. The van der Waals surface area contributed by atoms with Crippen LogP contribution < -0.4 is 4.90 Å². The van der Waals surface area contributed by atoms with Crippen molar-refractivity contribution in [2.24, 2.45) is 0 Å². The lowest BCUT2D eigenvalue weighted by Gasteiger charge is -2.26. The number of fused-ring (bicyclic) bond motifs is 12. The molecule has 0 amide bonds. The van der Waals surface area contributed by atoms with Crippen LogP contribution in [0.25, 0.3) is 126 Å². The fourth-order valence-corrected chi connectivity index (χ4v) is 11.8. The average Bonchev–Trinajstić information content (AvgIpc) is 4.07. The van der Waals surface area contributed by atoms with E-state index in [1.54, 1.807) is 0 Å². The van der Waals surface area contributed by atoms with Crippen LogP contribution in [0.5, 0.6) is 0 Å². The minimum absolute atomic E-state index is 0.908. The van der Waals surface area contributed by atoms with Crippen LogP contribution in [0.3, 0.4) is 0 Å². The Bertz CT molecular complexity index is 4630. The van der Waals surface area contributed by atoms with Crippen LogP contribution in [0.2, 0.25) is 0 Å². The Morgan fingerprint density at radius 3 is 1.28 bits per heavy atom. The molecule has 2 heterocycles. The summed E-state index contributed by atoms with van der Waals surface area (Å²) in [6, 6.07) is 101. The van der Waals surface area contributed by atoms with E-state index >= 15 is 0 Å². The molecule has 0 aliphatic heterocycles. The van der Waals surface area contributed by atoms with Gasteiger partial charge in [0.1, 0.15) is 11.2 Å². The molecule has 0 spiro atoms. The predicted octanol–water partition coefficient (Wildman–Crippen LogP) is 20.3. The summed E-state index contributed by atoms with van der Waals surface area (Å²) in [6.45, 7) is 0. The zero-order valence-corrected chi connectivity index (χ0v) is 40.9. The van der Waals surface area contributed by atoms with Gasteiger partial charge in [0.15, 0.2) is 0 Å². The molecule has 350 valence electrons. The van der Waals surface area contributed by atoms with Crippen molar-refractivity contribution in [2.45, 2.75) is 0 Å². The Kier molecular flexibility index (Phi) is 9.89. The van der Waals surface area contributed by atoms with E-state index in [1.165, 1.54) is 59.8 Å².